The fourth-order valence-electron chi connectivity index (χ4n) is 2.93. The number of benzene rings is 2. The number of aromatic nitrogens is 1. The minimum absolute atomic E-state index is 0.126. The zero-order chi connectivity index (χ0) is 30.9. The van der Waals surface area contributed by atoms with Crippen molar-refractivity contribution in [3.05, 3.63) is 71.1 Å². The number of primary amides is 1. The van der Waals surface area contributed by atoms with Crippen molar-refractivity contribution < 1.29 is 63.0 Å². The van der Waals surface area contributed by atoms with Crippen LogP contribution in [0.2, 0.25) is 0 Å². The van der Waals surface area contributed by atoms with Crippen molar-refractivity contribution in [3.63, 3.8) is 0 Å². The van der Waals surface area contributed by atoms with Gasteiger partial charge in [0.1, 0.15) is 17.0 Å². The van der Waals surface area contributed by atoms with E-state index in [1.165, 1.54) is 0 Å². The van der Waals surface area contributed by atoms with Crippen molar-refractivity contribution in [2.45, 2.75) is 12.5 Å². The third kappa shape index (κ3) is 6.19. The molecule has 202 valence electrons. The number of methoxy groups -OCH3 is 1. The molecule has 0 atom stereocenters. The SMILES string of the molecule is [2H]C([2H])([2H])Oc1c(Oc2ccc(C(F)(F)F)c(F)c2C(=O)Nc2ccnc(C(N)=O)c2)ccc(OC(F)(F)F)c1F. The van der Waals surface area contributed by atoms with Gasteiger partial charge in [0, 0.05) is 11.9 Å². The molecule has 3 aromatic rings. The van der Waals surface area contributed by atoms with Crippen molar-refractivity contribution in [2.24, 2.45) is 5.73 Å². The molecule has 2 aromatic carbocycles. The van der Waals surface area contributed by atoms with Crippen molar-refractivity contribution >= 4 is 17.5 Å². The molecule has 0 fully saturated rings. The molecular formula is C22H13F8N3O5. The van der Waals surface area contributed by atoms with Crippen molar-refractivity contribution in [1.29, 1.82) is 0 Å². The Morgan fingerprint density at radius 1 is 0.974 bits per heavy atom. The number of anilines is 1. The minimum Gasteiger partial charge on any atom is -0.490 e. The summed E-state index contributed by atoms with van der Waals surface area (Å²) in [5, 5.41) is 1.98. The number of carbonyl (C=O) groups excluding carboxylic acids is 2. The Labute approximate surface area is 211 Å². The predicted molar refractivity (Wildman–Crippen MR) is 112 cm³/mol. The quantitative estimate of drug-likeness (QED) is 0.377. The molecule has 0 saturated carbocycles. The van der Waals surface area contributed by atoms with Crippen molar-refractivity contribution in [2.75, 3.05) is 12.4 Å². The Balaban J connectivity index is 2.16. The first-order valence-electron chi connectivity index (χ1n) is 11.2. The van der Waals surface area contributed by atoms with Gasteiger partial charge in [0.05, 0.1) is 16.7 Å². The molecule has 16 heteroatoms. The Morgan fingerprint density at radius 3 is 2.24 bits per heavy atom. The third-order valence-corrected chi connectivity index (χ3v) is 4.48. The number of amides is 2. The first kappa shape index (κ1) is 23.7. The van der Waals surface area contributed by atoms with E-state index in [9.17, 15) is 40.3 Å². The van der Waals surface area contributed by atoms with Gasteiger partial charge in [-0.1, -0.05) is 0 Å². The van der Waals surface area contributed by atoms with E-state index in [2.05, 4.69) is 14.5 Å². The number of pyridine rings is 1. The summed E-state index contributed by atoms with van der Waals surface area (Å²) < 4.78 is 142. The number of ether oxygens (including phenoxy) is 3. The van der Waals surface area contributed by atoms with E-state index in [0.29, 0.717) is 18.2 Å². The second-order valence-corrected chi connectivity index (χ2v) is 7.00. The maximum atomic E-state index is 15.1. The molecule has 1 heterocycles. The van der Waals surface area contributed by atoms with E-state index in [-0.39, 0.29) is 11.8 Å². The maximum absolute atomic E-state index is 15.1. The number of hydrogen-bond donors (Lipinski definition) is 2. The van der Waals surface area contributed by atoms with Gasteiger partial charge in [0.25, 0.3) is 11.8 Å². The highest BCUT2D eigenvalue weighted by atomic mass is 19.4. The largest absolute Gasteiger partial charge is 0.573 e. The Hall–Kier alpha value is -4.63. The second kappa shape index (κ2) is 10.4. The summed E-state index contributed by atoms with van der Waals surface area (Å²) in [7, 11) is -3.51. The number of alkyl halides is 6. The summed E-state index contributed by atoms with van der Waals surface area (Å²) in [4.78, 5) is 27.8. The fraction of sp³-hybridized carbons (Fsp3) is 0.136. The molecule has 3 rings (SSSR count). The van der Waals surface area contributed by atoms with Crippen LogP contribution < -0.4 is 25.3 Å². The van der Waals surface area contributed by atoms with Crippen molar-refractivity contribution in [3.8, 4) is 23.0 Å². The van der Waals surface area contributed by atoms with Crippen molar-refractivity contribution in [1.82, 2.24) is 4.98 Å². The molecule has 2 amide bonds. The van der Waals surface area contributed by atoms with E-state index >= 15 is 4.39 Å². The summed E-state index contributed by atoms with van der Waals surface area (Å²) in [5.74, 6) is -12.3. The topological polar surface area (TPSA) is 113 Å². The van der Waals surface area contributed by atoms with Gasteiger partial charge in [-0.2, -0.15) is 17.6 Å². The van der Waals surface area contributed by atoms with Crippen LogP contribution in [0.25, 0.3) is 0 Å². The van der Waals surface area contributed by atoms with Crippen LogP contribution in [-0.4, -0.2) is 30.2 Å². The standard InChI is InChI=1S/C22H13F8N3O5/c1-36-18-14(5-4-13(17(18)24)38-22(28,29)30)37-12-3-2-10(21(25,26)27)16(23)15(12)20(35)33-9-6-7-32-11(8-9)19(31)34/h2-8H,1H3,(H2,31,34)(H,32,33,35)/i1D3. The van der Waals surface area contributed by atoms with Crippen LogP contribution in [0.4, 0.5) is 40.8 Å². The smallest absolute Gasteiger partial charge is 0.490 e. The first-order valence-corrected chi connectivity index (χ1v) is 9.69. The van der Waals surface area contributed by atoms with E-state index in [1.807, 2.05) is 5.32 Å². The van der Waals surface area contributed by atoms with Gasteiger partial charge < -0.3 is 25.3 Å². The van der Waals surface area contributed by atoms with Crippen LogP contribution in [0.1, 0.15) is 30.5 Å². The van der Waals surface area contributed by atoms with E-state index < -0.39 is 82.8 Å². The number of nitrogens with two attached hydrogens (primary N) is 1. The highest BCUT2D eigenvalue weighted by molar-refractivity contribution is 6.07. The monoisotopic (exact) mass is 554 g/mol. The second-order valence-electron chi connectivity index (χ2n) is 7.00. The molecule has 0 bridgehead atoms. The molecule has 3 N–H and O–H groups in total. The van der Waals surface area contributed by atoms with E-state index in [4.69, 9.17) is 14.6 Å². The van der Waals surface area contributed by atoms with Crippen LogP contribution in [0, 0.1) is 11.6 Å². The Bertz CT molecular complexity index is 1500. The van der Waals surface area contributed by atoms with E-state index in [0.717, 1.165) is 18.3 Å². The molecule has 0 unspecified atom stereocenters. The summed E-state index contributed by atoms with van der Waals surface area (Å²) in [5.41, 5.74) is 0.952. The number of nitrogens with zero attached hydrogens (tertiary/aromatic N) is 1. The molecule has 0 saturated heterocycles. The molecule has 1 aromatic heterocycles. The van der Waals surface area contributed by atoms with Gasteiger partial charge in [0.2, 0.25) is 11.6 Å². The molecule has 0 spiro atoms. The lowest BCUT2D eigenvalue weighted by Crippen LogP contribution is -2.20. The highest BCUT2D eigenvalue weighted by Crippen LogP contribution is 2.42. The summed E-state index contributed by atoms with van der Waals surface area (Å²) in [6.07, 6.45) is -9.81. The third-order valence-electron chi connectivity index (χ3n) is 4.48. The normalized spacial score (nSPS) is 13.1. The predicted octanol–water partition coefficient (Wildman–Crippen LogP) is 5.43. The molecule has 0 radical (unpaired) electrons. The van der Waals surface area contributed by atoms with Crippen LogP contribution in [0.5, 0.6) is 23.0 Å². The van der Waals surface area contributed by atoms with E-state index in [1.54, 1.807) is 0 Å². The Kier molecular flexibility index (Phi) is 6.49. The summed E-state index contributed by atoms with van der Waals surface area (Å²) >= 11 is 0. The van der Waals surface area contributed by atoms with Crippen LogP contribution in [-0.2, 0) is 6.18 Å². The number of rotatable bonds is 7. The summed E-state index contributed by atoms with van der Waals surface area (Å²) in [6.45, 7) is 0. The van der Waals surface area contributed by atoms with Gasteiger partial charge >= 0.3 is 12.5 Å². The molecule has 0 aliphatic rings. The van der Waals surface area contributed by atoms with Gasteiger partial charge in [-0.3, -0.25) is 14.6 Å². The number of hydrogen-bond acceptors (Lipinski definition) is 6. The maximum Gasteiger partial charge on any atom is 0.573 e. The van der Waals surface area contributed by atoms with Crippen LogP contribution in [0.15, 0.2) is 42.6 Å². The first-order chi connectivity index (χ1) is 18.8. The fourth-order valence-corrected chi connectivity index (χ4v) is 2.93. The van der Waals surface area contributed by atoms with Crippen LogP contribution in [0.3, 0.4) is 0 Å². The zero-order valence-corrected chi connectivity index (χ0v) is 18.1. The molecule has 0 aliphatic carbocycles. The number of carbonyl (C=O) groups is 2. The molecule has 38 heavy (non-hydrogen) atoms. The average Bonchev–Trinajstić information content (AvgIpc) is 2.81. The zero-order valence-electron chi connectivity index (χ0n) is 21.1. The lowest BCUT2D eigenvalue weighted by molar-refractivity contribution is -0.275. The molecule has 8 nitrogen and oxygen atoms in total. The van der Waals surface area contributed by atoms with Gasteiger partial charge in [-0.15, -0.1) is 13.2 Å². The van der Waals surface area contributed by atoms with Gasteiger partial charge in [-0.25, -0.2) is 4.39 Å². The minimum atomic E-state index is -5.44. The lowest BCUT2D eigenvalue weighted by atomic mass is 10.1. The van der Waals surface area contributed by atoms with Gasteiger partial charge in [0.15, 0.2) is 17.3 Å². The molecular weight excluding hydrogens is 538 g/mol. The number of halogens is 8. The van der Waals surface area contributed by atoms with Gasteiger partial charge in [-0.05, 0) is 36.4 Å². The Morgan fingerprint density at radius 2 is 1.63 bits per heavy atom. The van der Waals surface area contributed by atoms with Crippen LogP contribution >= 0.6 is 0 Å². The number of nitrogens with one attached hydrogen (secondary N) is 1. The summed E-state index contributed by atoms with van der Waals surface area (Å²) in [6, 6.07) is 3.23. The lowest BCUT2D eigenvalue weighted by Gasteiger charge is -2.18. The highest BCUT2D eigenvalue weighted by Gasteiger charge is 2.38. The average molecular weight is 554 g/mol. The molecule has 0 aliphatic heterocycles.